The van der Waals surface area contributed by atoms with Gasteiger partial charge in [-0.3, -0.25) is 4.72 Å². The number of hydrogen-bond acceptors (Lipinski definition) is 8. The van der Waals surface area contributed by atoms with Gasteiger partial charge in [0.15, 0.2) is 5.03 Å². The molecule has 0 radical (unpaired) electrons. The van der Waals surface area contributed by atoms with Gasteiger partial charge in [-0.05, 0) is 31.0 Å². The molecule has 3 aromatic heterocycles. The maximum Gasteiger partial charge on any atom is 0.316 e. The van der Waals surface area contributed by atoms with E-state index in [-0.39, 0.29) is 35.9 Å². The van der Waals surface area contributed by atoms with E-state index < -0.39 is 10.0 Å². The van der Waals surface area contributed by atoms with Gasteiger partial charge in [0, 0.05) is 13.2 Å². The van der Waals surface area contributed by atoms with Crippen LogP contribution in [0.3, 0.4) is 0 Å². The van der Waals surface area contributed by atoms with Crippen LogP contribution in [0.25, 0.3) is 11.1 Å². The smallest absolute Gasteiger partial charge is 0.316 e. The molecule has 1 aromatic carbocycles. The van der Waals surface area contributed by atoms with Gasteiger partial charge in [-0.2, -0.15) is 8.42 Å². The first-order valence-corrected chi connectivity index (χ1v) is 12.4. The second kappa shape index (κ2) is 10.3. The molecule has 3 heterocycles. The van der Waals surface area contributed by atoms with Crippen molar-refractivity contribution in [1.82, 2.24) is 24.7 Å². The number of aryl methyl sites for hydroxylation is 3. The molecule has 1 N–H and O–H groups in total. The number of nitrogens with one attached hydrogen (secondary N) is 1. The molecule has 0 atom stereocenters. The van der Waals surface area contributed by atoms with E-state index in [0.717, 1.165) is 16.7 Å². The largest absolute Gasteiger partial charge is 0.472 e. The molecule has 10 nitrogen and oxygen atoms in total. The molecule has 0 aliphatic carbocycles. The molecule has 0 bridgehead atoms. The Morgan fingerprint density at radius 1 is 0.914 bits per heavy atom. The van der Waals surface area contributed by atoms with E-state index in [0.29, 0.717) is 10.6 Å². The Hall–Kier alpha value is -3.70. The maximum atomic E-state index is 13.1. The maximum absolute atomic E-state index is 13.1. The first-order chi connectivity index (χ1) is 16.7. The van der Waals surface area contributed by atoms with Crippen molar-refractivity contribution in [2.75, 3.05) is 17.9 Å². The van der Waals surface area contributed by atoms with E-state index in [2.05, 4.69) is 24.8 Å². The third-order valence-electron chi connectivity index (χ3n) is 4.90. The van der Waals surface area contributed by atoms with Crippen LogP contribution in [-0.4, -0.2) is 46.4 Å². The highest BCUT2D eigenvalue weighted by Crippen LogP contribution is 2.37. The van der Waals surface area contributed by atoms with Crippen LogP contribution < -0.4 is 14.2 Å². The lowest BCUT2D eigenvalue weighted by atomic mass is 10.1. The van der Waals surface area contributed by atoms with Crippen molar-refractivity contribution in [3.63, 3.8) is 0 Å². The number of hydrogen-bond donors (Lipinski definition) is 1. The van der Waals surface area contributed by atoms with Gasteiger partial charge in [0.1, 0.15) is 19.0 Å². The monoisotopic (exact) mass is 514 g/mol. The zero-order chi connectivity index (χ0) is 25.0. The minimum Gasteiger partial charge on any atom is -0.472 e. The lowest BCUT2D eigenvalue weighted by molar-refractivity contribution is 0.201. The van der Waals surface area contributed by atoms with E-state index in [1.165, 1.54) is 29.3 Å². The highest BCUT2D eigenvalue weighted by Gasteiger charge is 2.25. The summed E-state index contributed by atoms with van der Waals surface area (Å²) in [6.07, 6.45) is 4.36. The highest BCUT2D eigenvalue weighted by atomic mass is 35.5. The predicted molar refractivity (Wildman–Crippen MR) is 131 cm³/mol. The summed E-state index contributed by atoms with van der Waals surface area (Å²) in [6, 6.07) is 10.9. The van der Waals surface area contributed by atoms with Crippen LogP contribution in [0.15, 0.2) is 60.0 Å². The van der Waals surface area contributed by atoms with Gasteiger partial charge in [0.05, 0.1) is 23.0 Å². The minimum absolute atomic E-state index is 0.0991. The number of rotatable bonds is 9. The quantitative estimate of drug-likeness (QED) is 0.335. The lowest BCUT2D eigenvalue weighted by Gasteiger charge is -2.11. The van der Waals surface area contributed by atoms with Crippen molar-refractivity contribution in [1.29, 1.82) is 0 Å². The fraction of sp³-hybridized carbons (Fsp3) is 0.217. The van der Waals surface area contributed by atoms with Gasteiger partial charge < -0.3 is 9.47 Å². The van der Waals surface area contributed by atoms with Crippen molar-refractivity contribution >= 4 is 27.4 Å². The number of benzene rings is 1. The van der Waals surface area contributed by atoms with Crippen molar-refractivity contribution < 1.29 is 17.9 Å². The third-order valence-corrected chi connectivity index (χ3v) is 6.35. The van der Waals surface area contributed by atoms with Crippen molar-refractivity contribution in [3.05, 3.63) is 71.1 Å². The van der Waals surface area contributed by atoms with E-state index in [1.54, 1.807) is 13.1 Å². The standard InChI is InChI=1S/C23H23ClN6O4S/c1-15-4-7-17(8-5-15)20-21(29-35(31,32)19-9-6-16(2)12-25-19)30(3)28-22(20)33-10-11-34-23-26-13-18(24)14-27-23/h4-9,12-14,29H,10-11H2,1-3H3. The van der Waals surface area contributed by atoms with Crippen LogP contribution in [-0.2, 0) is 17.1 Å². The summed E-state index contributed by atoms with van der Waals surface area (Å²) in [6.45, 7) is 4.06. The number of sulfonamides is 1. The van der Waals surface area contributed by atoms with Crippen molar-refractivity contribution in [3.8, 4) is 23.0 Å². The molecule has 0 fully saturated rings. The Balaban J connectivity index is 1.60. The fourth-order valence-electron chi connectivity index (χ4n) is 3.14. The average Bonchev–Trinajstić information content (AvgIpc) is 3.13. The van der Waals surface area contributed by atoms with Gasteiger partial charge in [0.2, 0.25) is 5.88 Å². The topological polar surface area (TPSA) is 121 Å². The third kappa shape index (κ3) is 5.87. The molecule has 4 aromatic rings. The molecule has 0 saturated heterocycles. The number of ether oxygens (including phenoxy) is 2. The molecule has 12 heteroatoms. The summed E-state index contributed by atoms with van der Waals surface area (Å²) in [4.78, 5) is 12.0. The number of anilines is 1. The summed E-state index contributed by atoms with van der Waals surface area (Å²) >= 11 is 5.78. The molecule has 0 unspecified atom stereocenters. The second-order valence-electron chi connectivity index (χ2n) is 7.68. The molecule has 35 heavy (non-hydrogen) atoms. The highest BCUT2D eigenvalue weighted by molar-refractivity contribution is 7.92. The van der Waals surface area contributed by atoms with Crippen molar-refractivity contribution in [2.45, 2.75) is 18.9 Å². The van der Waals surface area contributed by atoms with Crippen molar-refractivity contribution in [2.24, 2.45) is 7.05 Å². The SMILES string of the molecule is Cc1ccc(-c2c(OCCOc3ncc(Cl)cn3)nn(C)c2NS(=O)(=O)c2ccc(C)cn2)cc1. The van der Waals surface area contributed by atoms with Crippen LogP contribution in [0.1, 0.15) is 11.1 Å². The zero-order valence-corrected chi connectivity index (χ0v) is 20.8. The van der Waals surface area contributed by atoms with Gasteiger partial charge in [-0.1, -0.05) is 47.5 Å². The van der Waals surface area contributed by atoms with Gasteiger partial charge >= 0.3 is 6.01 Å². The molecular weight excluding hydrogens is 492 g/mol. The summed E-state index contributed by atoms with van der Waals surface area (Å²) in [7, 11) is -2.34. The first-order valence-electron chi connectivity index (χ1n) is 10.6. The Labute approximate surface area is 208 Å². The Kier molecular flexibility index (Phi) is 7.17. The van der Waals surface area contributed by atoms with Crippen LogP contribution in [0.2, 0.25) is 5.02 Å². The molecule has 0 saturated carbocycles. The molecular formula is C23H23ClN6O4S. The minimum atomic E-state index is -3.97. The van der Waals surface area contributed by atoms with Gasteiger partial charge in [0.25, 0.3) is 10.0 Å². The summed E-state index contributed by atoms with van der Waals surface area (Å²) in [5.41, 5.74) is 3.13. The Morgan fingerprint density at radius 2 is 1.57 bits per heavy atom. The molecule has 0 aliphatic rings. The zero-order valence-electron chi connectivity index (χ0n) is 19.3. The molecule has 0 spiro atoms. The Bertz CT molecular complexity index is 1410. The molecule has 4 rings (SSSR count). The second-order valence-corrected chi connectivity index (χ2v) is 9.74. The predicted octanol–water partition coefficient (Wildman–Crippen LogP) is 3.80. The number of halogens is 1. The van der Waals surface area contributed by atoms with Gasteiger partial charge in [-0.15, -0.1) is 5.10 Å². The average molecular weight is 515 g/mol. The molecule has 0 aliphatic heterocycles. The van der Waals surface area contributed by atoms with E-state index >= 15 is 0 Å². The van der Waals surface area contributed by atoms with Gasteiger partial charge in [-0.25, -0.2) is 19.6 Å². The normalized spacial score (nSPS) is 11.3. The fourth-order valence-corrected chi connectivity index (χ4v) is 4.27. The Morgan fingerprint density at radius 3 is 2.23 bits per heavy atom. The summed E-state index contributed by atoms with van der Waals surface area (Å²) < 4.78 is 41.5. The summed E-state index contributed by atoms with van der Waals surface area (Å²) in [5, 5.41) is 4.70. The number of nitrogens with zero attached hydrogens (tertiary/aromatic N) is 5. The van der Waals surface area contributed by atoms with E-state index in [9.17, 15) is 8.42 Å². The van der Waals surface area contributed by atoms with Crippen LogP contribution in [0.5, 0.6) is 11.9 Å². The van der Waals surface area contributed by atoms with Crippen LogP contribution in [0.4, 0.5) is 5.82 Å². The number of pyridine rings is 1. The summed E-state index contributed by atoms with van der Waals surface area (Å²) in [5.74, 6) is 0.486. The lowest BCUT2D eigenvalue weighted by Crippen LogP contribution is -2.17. The van der Waals surface area contributed by atoms with E-state index in [4.69, 9.17) is 21.1 Å². The first kappa shape index (κ1) is 24.4. The van der Waals surface area contributed by atoms with Crippen LogP contribution in [0, 0.1) is 13.8 Å². The molecule has 0 amide bonds. The molecule has 182 valence electrons. The van der Waals surface area contributed by atoms with Crippen LogP contribution >= 0.6 is 11.6 Å². The number of aromatic nitrogens is 5. The van der Waals surface area contributed by atoms with E-state index in [1.807, 2.05) is 38.1 Å².